The Hall–Kier alpha value is -2.36. The van der Waals surface area contributed by atoms with Gasteiger partial charge in [0, 0.05) is 18.4 Å². The third kappa shape index (κ3) is 2.32. The van der Waals surface area contributed by atoms with E-state index in [4.69, 9.17) is 5.73 Å². The number of carbonyl (C=O) groups is 1. The van der Waals surface area contributed by atoms with E-state index in [1.165, 1.54) is 0 Å². The summed E-state index contributed by atoms with van der Waals surface area (Å²) in [6.45, 7) is 2.51. The second-order valence-electron chi connectivity index (χ2n) is 3.82. The molecule has 0 aliphatic rings. The maximum absolute atomic E-state index is 12.4. The molecule has 0 fully saturated rings. The summed E-state index contributed by atoms with van der Waals surface area (Å²) < 4.78 is 0. The molecule has 0 spiro atoms. The molecule has 1 amide bonds. The van der Waals surface area contributed by atoms with Crippen molar-refractivity contribution in [2.45, 2.75) is 6.92 Å². The van der Waals surface area contributed by atoms with Gasteiger partial charge in [-0.2, -0.15) is 0 Å². The molecule has 4 heteroatoms. The topological polar surface area (TPSA) is 59.2 Å². The van der Waals surface area contributed by atoms with Gasteiger partial charge in [-0.25, -0.2) is 4.98 Å². The third-order valence-electron chi connectivity index (χ3n) is 2.70. The molecule has 0 radical (unpaired) electrons. The summed E-state index contributed by atoms with van der Waals surface area (Å²) >= 11 is 0. The standard InChI is InChI=1S/C14H15N3O/c1-2-17(11-7-4-3-5-8-11)14(18)12-9-6-10-16-13(12)15/h3-10H,2H2,1H3,(H2,15,16). The molecule has 0 saturated heterocycles. The van der Waals surface area contributed by atoms with Gasteiger partial charge in [0.05, 0.1) is 5.56 Å². The molecule has 4 nitrogen and oxygen atoms in total. The highest BCUT2D eigenvalue weighted by molar-refractivity contribution is 6.08. The van der Waals surface area contributed by atoms with Crippen molar-refractivity contribution in [3.05, 3.63) is 54.2 Å². The van der Waals surface area contributed by atoms with Crippen LogP contribution in [-0.2, 0) is 0 Å². The third-order valence-corrected chi connectivity index (χ3v) is 2.70. The maximum atomic E-state index is 12.4. The van der Waals surface area contributed by atoms with Crippen molar-refractivity contribution in [3.63, 3.8) is 0 Å². The monoisotopic (exact) mass is 241 g/mol. The zero-order valence-corrected chi connectivity index (χ0v) is 10.2. The second kappa shape index (κ2) is 5.31. The van der Waals surface area contributed by atoms with Crippen LogP contribution in [0.2, 0.25) is 0 Å². The fourth-order valence-corrected chi connectivity index (χ4v) is 1.80. The highest BCUT2D eigenvalue weighted by Gasteiger charge is 2.18. The molecule has 0 atom stereocenters. The van der Waals surface area contributed by atoms with E-state index in [0.717, 1.165) is 5.69 Å². The van der Waals surface area contributed by atoms with Crippen LogP contribution in [0.15, 0.2) is 48.7 Å². The number of nitrogen functional groups attached to an aromatic ring is 1. The first kappa shape index (κ1) is 12.1. The molecule has 2 rings (SSSR count). The average molecular weight is 241 g/mol. The number of hydrogen-bond donors (Lipinski definition) is 1. The number of nitrogens with zero attached hydrogens (tertiary/aromatic N) is 2. The van der Waals surface area contributed by atoms with Gasteiger partial charge in [0.2, 0.25) is 0 Å². The Kier molecular flexibility index (Phi) is 3.57. The van der Waals surface area contributed by atoms with Gasteiger partial charge >= 0.3 is 0 Å². The van der Waals surface area contributed by atoms with Gasteiger partial charge in [-0.3, -0.25) is 4.79 Å². The highest BCUT2D eigenvalue weighted by atomic mass is 16.2. The van der Waals surface area contributed by atoms with E-state index in [1.807, 2.05) is 37.3 Å². The number of benzene rings is 1. The number of nitrogens with two attached hydrogens (primary N) is 1. The van der Waals surface area contributed by atoms with E-state index in [-0.39, 0.29) is 11.7 Å². The summed E-state index contributed by atoms with van der Waals surface area (Å²) in [5.74, 6) is 0.131. The maximum Gasteiger partial charge on any atom is 0.261 e. The van der Waals surface area contributed by atoms with Crippen LogP contribution in [0, 0.1) is 0 Å². The fourth-order valence-electron chi connectivity index (χ4n) is 1.80. The Labute approximate surface area is 106 Å². The van der Waals surface area contributed by atoms with E-state index in [1.54, 1.807) is 23.2 Å². The van der Waals surface area contributed by atoms with Crippen molar-refractivity contribution in [1.82, 2.24) is 4.98 Å². The van der Waals surface area contributed by atoms with Gasteiger partial charge in [-0.15, -0.1) is 0 Å². The molecule has 0 aliphatic carbocycles. The molecule has 18 heavy (non-hydrogen) atoms. The number of aromatic nitrogens is 1. The van der Waals surface area contributed by atoms with Crippen molar-refractivity contribution in [2.75, 3.05) is 17.2 Å². The lowest BCUT2D eigenvalue weighted by molar-refractivity contribution is 0.0989. The number of para-hydroxylation sites is 1. The van der Waals surface area contributed by atoms with Gasteiger partial charge in [0.25, 0.3) is 5.91 Å². The van der Waals surface area contributed by atoms with Gasteiger partial charge in [-0.05, 0) is 31.2 Å². The minimum absolute atomic E-state index is 0.130. The summed E-state index contributed by atoms with van der Waals surface area (Å²) in [5.41, 5.74) is 7.02. The zero-order chi connectivity index (χ0) is 13.0. The lowest BCUT2D eigenvalue weighted by Crippen LogP contribution is -2.31. The Morgan fingerprint density at radius 2 is 1.94 bits per heavy atom. The number of hydrogen-bond acceptors (Lipinski definition) is 3. The molecule has 1 aromatic heterocycles. The number of amides is 1. The molecule has 1 aromatic carbocycles. The first-order valence-electron chi connectivity index (χ1n) is 5.81. The smallest absolute Gasteiger partial charge is 0.261 e. The number of carbonyl (C=O) groups excluding carboxylic acids is 1. The molecule has 92 valence electrons. The van der Waals surface area contributed by atoms with Crippen LogP contribution < -0.4 is 10.6 Å². The molecule has 0 unspecified atom stereocenters. The van der Waals surface area contributed by atoms with Crippen LogP contribution in [0.5, 0.6) is 0 Å². The first-order chi connectivity index (χ1) is 8.74. The van der Waals surface area contributed by atoms with E-state index in [0.29, 0.717) is 12.1 Å². The summed E-state index contributed by atoms with van der Waals surface area (Å²) in [7, 11) is 0. The molecule has 0 bridgehead atoms. The van der Waals surface area contributed by atoms with Gasteiger partial charge in [-0.1, -0.05) is 18.2 Å². The van der Waals surface area contributed by atoms with Crippen LogP contribution in [0.3, 0.4) is 0 Å². The Bertz CT molecular complexity index is 540. The molecule has 2 N–H and O–H groups in total. The van der Waals surface area contributed by atoms with Gasteiger partial charge < -0.3 is 10.6 Å². The van der Waals surface area contributed by atoms with Crippen LogP contribution in [0.4, 0.5) is 11.5 Å². The van der Waals surface area contributed by atoms with Crippen molar-refractivity contribution in [3.8, 4) is 0 Å². The second-order valence-corrected chi connectivity index (χ2v) is 3.82. The highest BCUT2D eigenvalue weighted by Crippen LogP contribution is 2.18. The minimum Gasteiger partial charge on any atom is -0.383 e. The Morgan fingerprint density at radius 3 is 2.56 bits per heavy atom. The Morgan fingerprint density at radius 1 is 1.22 bits per heavy atom. The Balaban J connectivity index is 2.35. The first-order valence-corrected chi connectivity index (χ1v) is 5.81. The minimum atomic E-state index is -0.130. The molecule has 0 saturated carbocycles. The van der Waals surface area contributed by atoms with Crippen LogP contribution in [0.25, 0.3) is 0 Å². The molecule has 0 aliphatic heterocycles. The lowest BCUT2D eigenvalue weighted by Gasteiger charge is -2.21. The predicted octanol–water partition coefficient (Wildman–Crippen LogP) is 2.33. The van der Waals surface area contributed by atoms with E-state index < -0.39 is 0 Å². The van der Waals surface area contributed by atoms with Crippen molar-refractivity contribution in [1.29, 1.82) is 0 Å². The number of anilines is 2. The summed E-state index contributed by atoms with van der Waals surface area (Å²) in [5, 5.41) is 0. The molecule has 1 heterocycles. The van der Waals surface area contributed by atoms with Crippen LogP contribution in [-0.4, -0.2) is 17.4 Å². The lowest BCUT2D eigenvalue weighted by atomic mass is 10.2. The van der Waals surface area contributed by atoms with Crippen molar-refractivity contribution in [2.24, 2.45) is 0 Å². The van der Waals surface area contributed by atoms with Crippen molar-refractivity contribution >= 4 is 17.4 Å². The summed E-state index contributed by atoms with van der Waals surface area (Å²) in [6, 6.07) is 12.9. The zero-order valence-electron chi connectivity index (χ0n) is 10.2. The molecular weight excluding hydrogens is 226 g/mol. The van der Waals surface area contributed by atoms with E-state index in [2.05, 4.69) is 4.98 Å². The fraction of sp³-hybridized carbons (Fsp3) is 0.143. The number of pyridine rings is 1. The van der Waals surface area contributed by atoms with E-state index >= 15 is 0 Å². The normalized spacial score (nSPS) is 10.1. The quantitative estimate of drug-likeness (QED) is 0.897. The van der Waals surface area contributed by atoms with Crippen LogP contribution >= 0.6 is 0 Å². The predicted molar refractivity (Wildman–Crippen MR) is 72.4 cm³/mol. The summed E-state index contributed by atoms with van der Waals surface area (Å²) in [6.07, 6.45) is 1.57. The SMILES string of the molecule is CCN(C(=O)c1cccnc1N)c1ccccc1. The van der Waals surface area contributed by atoms with E-state index in [9.17, 15) is 4.79 Å². The summed E-state index contributed by atoms with van der Waals surface area (Å²) in [4.78, 5) is 18.0. The van der Waals surface area contributed by atoms with Crippen molar-refractivity contribution < 1.29 is 4.79 Å². The van der Waals surface area contributed by atoms with Gasteiger partial charge in [0.15, 0.2) is 0 Å². The number of rotatable bonds is 3. The molecule has 2 aromatic rings. The van der Waals surface area contributed by atoms with Crippen LogP contribution in [0.1, 0.15) is 17.3 Å². The molecular formula is C14H15N3O. The largest absolute Gasteiger partial charge is 0.383 e. The average Bonchev–Trinajstić information content (AvgIpc) is 2.41. The van der Waals surface area contributed by atoms with Gasteiger partial charge in [0.1, 0.15) is 5.82 Å².